The summed E-state index contributed by atoms with van der Waals surface area (Å²) in [4.78, 5) is 18.7. The summed E-state index contributed by atoms with van der Waals surface area (Å²) in [7, 11) is 1.82. The average molecular weight is 272 g/mol. The van der Waals surface area contributed by atoms with Crippen molar-refractivity contribution in [3.8, 4) is 0 Å². The maximum atomic E-state index is 12.1. The SMILES string of the molecule is CN(Cc1ccncc1)C(=O)Cc1ccc(S)cc1. The zero-order valence-corrected chi connectivity index (χ0v) is 11.7. The second kappa shape index (κ2) is 6.38. The third-order valence-corrected chi connectivity index (χ3v) is 3.18. The van der Waals surface area contributed by atoms with Crippen LogP contribution in [0.4, 0.5) is 0 Å². The third kappa shape index (κ3) is 4.10. The first kappa shape index (κ1) is 13.6. The van der Waals surface area contributed by atoms with Crippen LogP contribution in [0.1, 0.15) is 11.1 Å². The van der Waals surface area contributed by atoms with E-state index in [-0.39, 0.29) is 5.91 Å². The van der Waals surface area contributed by atoms with Crippen molar-refractivity contribution in [2.45, 2.75) is 17.9 Å². The highest BCUT2D eigenvalue weighted by molar-refractivity contribution is 7.80. The Morgan fingerprint density at radius 3 is 2.37 bits per heavy atom. The number of likely N-dealkylation sites (N-methyl/N-ethyl adjacent to an activating group) is 1. The first-order valence-corrected chi connectivity index (χ1v) is 6.50. The predicted octanol–water partition coefficient (Wildman–Crippen LogP) is 2.57. The minimum atomic E-state index is 0.101. The van der Waals surface area contributed by atoms with Crippen molar-refractivity contribution in [1.82, 2.24) is 9.88 Å². The number of carbonyl (C=O) groups is 1. The fraction of sp³-hybridized carbons (Fsp3) is 0.200. The lowest BCUT2D eigenvalue weighted by molar-refractivity contribution is -0.129. The number of hydrogen-bond acceptors (Lipinski definition) is 3. The lowest BCUT2D eigenvalue weighted by Gasteiger charge is -2.17. The molecule has 0 spiro atoms. The Hall–Kier alpha value is -1.81. The van der Waals surface area contributed by atoms with Crippen molar-refractivity contribution in [2.75, 3.05) is 7.05 Å². The topological polar surface area (TPSA) is 33.2 Å². The number of carbonyl (C=O) groups excluding carboxylic acids is 1. The lowest BCUT2D eigenvalue weighted by atomic mass is 10.1. The van der Waals surface area contributed by atoms with Gasteiger partial charge >= 0.3 is 0 Å². The van der Waals surface area contributed by atoms with E-state index in [0.717, 1.165) is 16.0 Å². The molecule has 0 saturated carbocycles. The second-order valence-electron chi connectivity index (χ2n) is 4.45. The van der Waals surface area contributed by atoms with Crippen LogP contribution in [-0.4, -0.2) is 22.8 Å². The molecule has 4 heteroatoms. The van der Waals surface area contributed by atoms with Gasteiger partial charge in [0, 0.05) is 30.9 Å². The van der Waals surface area contributed by atoms with E-state index < -0.39 is 0 Å². The number of hydrogen-bond donors (Lipinski definition) is 1. The molecule has 1 amide bonds. The fourth-order valence-electron chi connectivity index (χ4n) is 1.77. The van der Waals surface area contributed by atoms with Crippen LogP contribution in [-0.2, 0) is 17.8 Å². The molecule has 0 radical (unpaired) electrons. The molecule has 19 heavy (non-hydrogen) atoms. The molecule has 98 valence electrons. The molecular weight excluding hydrogens is 256 g/mol. The highest BCUT2D eigenvalue weighted by atomic mass is 32.1. The van der Waals surface area contributed by atoms with Crippen LogP contribution in [0.15, 0.2) is 53.7 Å². The summed E-state index contributed by atoms with van der Waals surface area (Å²) in [6.45, 7) is 0.603. The van der Waals surface area contributed by atoms with Crippen LogP contribution in [0.5, 0.6) is 0 Å². The number of amides is 1. The summed E-state index contributed by atoms with van der Waals surface area (Å²) < 4.78 is 0. The number of nitrogens with zero attached hydrogens (tertiary/aromatic N) is 2. The van der Waals surface area contributed by atoms with Gasteiger partial charge in [-0.15, -0.1) is 12.6 Å². The quantitative estimate of drug-likeness (QED) is 0.868. The van der Waals surface area contributed by atoms with Gasteiger partial charge in [-0.1, -0.05) is 12.1 Å². The number of pyridine rings is 1. The summed E-state index contributed by atoms with van der Waals surface area (Å²) >= 11 is 4.23. The zero-order chi connectivity index (χ0) is 13.7. The Labute approximate surface area is 118 Å². The highest BCUT2D eigenvalue weighted by Gasteiger charge is 2.09. The molecule has 0 aliphatic carbocycles. The van der Waals surface area contributed by atoms with E-state index in [2.05, 4.69) is 17.6 Å². The molecule has 2 aromatic rings. The molecule has 1 aromatic carbocycles. The number of thiol groups is 1. The van der Waals surface area contributed by atoms with Crippen LogP contribution < -0.4 is 0 Å². The number of rotatable bonds is 4. The monoisotopic (exact) mass is 272 g/mol. The van der Waals surface area contributed by atoms with Crippen molar-refractivity contribution in [1.29, 1.82) is 0 Å². The van der Waals surface area contributed by atoms with Crippen LogP contribution >= 0.6 is 12.6 Å². The van der Waals surface area contributed by atoms with Crippen molar-refractivity contribution >= 4 is 18.5 Å². The first-order valence-electron chi connectivity index (χ1n) is 6.06. The standard InChI is InChI=1S/C15H16N2OS/c1-17(11-13-6-8-16-9-7-13)15(18)10-12-2-4-14(19)5-3-12/h2-9,19H,10-11H2,1H3. The molecular formula is C15H16N2OS. The average Bonchev–Trinajstić information content (AvgIpc) is 2.42. The van der Waals surface area contributed by atoms with Gasteiger partial charge in [0.15, 0.2) is 0 Å². The van der Waals surface area contributed by atoms with Gasteiger partial charge in [-0.2, -0.15) is 0 Å². The van der Waals surface area contributed by atoms with Crippen molar-refractivity contribution in [3.05, 3.63) is 59.9 Å². The van der Waals surface area contributed by atoms with Gasteiger partial charge in [-0.05, 0) is 35.4 Å². The van der Waals surface area contributed by atoms with Gasteiger partial charge in [-0.25, -0.2) is 0 Å². The minimum absolute atomic E-state index is 0.101. The van der Waals surface area contributed by atoms with Crippen LogP contribution in [0.25, 0.3) is 0 Å². The van der Waals surface area contributed by atoms with E-state index in [1.54, 1.807) is 17.3 Å². The molecule has 0 N–H and O–H groups in total. The normalized spacial score (nSPS) is 10.2. The smallest absolute Gasteiger partial charge is 0.227 e. The summed E-state index contributed by atoms with van der Waals surface area (Å²) in [6.07, 6.45) is 3.88. The zero-order valence-electron chi connectivity index (χ0n) is 10.8. The Morgan fingerprint density at radius 1 is 1.11 bits per heavy atom. The minimum Gasteiger partial charge on any atom is -0.341 e. The molecule has 0 aliphatic rings. The van der Waals surface area contributed by atoms with E-state index in [4.69, 9.17) is 0 Å². The fourth-order valence-corrected chi connectivity index (χ4v) is 1.92. The van der Waals surface area contributed by atoms with Gasteiger partial charge in [0.2, 0.25) is 5.91 Å². The lowest BCUT2D eigenvalue weighted by Crippen LogP contribution is -2.27. The molecule has 0 bridgehead atoms. The highest BCUT2D eigenvalue weighted by Crippen LogP contribution is 2.10. The summed E-state index contributed by atoms with van der Waals surface area (Å²) in [6, 6.07) is 11.5. The van der Waals surface area contributed by atoms with Gasteiger partial charge < -0.3 is 4.90 Å². The largest absolute Gasteiger partial charge is 0.341 e. The summed E-state index contributed by atoms with van der Waals surface area (Å²) in [5.74, 6) is 0.101. The van der Waals surface area contributed by atoms with Gasteiger partial charge in [-0.3, -0.25) is 9.78 Å². The predicted molar refractivity (Wildman–Crippen MR) is 78.1 cm³/mol. The number of aromatic nitrogens is 1. The van der Waals surface area contributed by atoms with Gasteiger partial charge in [0.1, 0.15) is 0 Å². The first-order chi connectivity index (χ1) is 9.15. The molecule has 0 saturated heterocycles. The van der Waals surface area contributed by atoms with Crippen molar-refractivity contribution in [2.24, 2.45) is 0 Å². The van der Waals surface area contributed by atoms with Crippen LogP contribution in [0, 0.1) is 0 Å². The summed E-state index contributed by atoms with van der Waals surface area (Å²) in [5, 5.41) is 0. The second-order valence-corrected chi connectivity index (χ2v) is 4.96. The van der Waals surface area contributed by atoms with E-state index in [9.17, 15) is 4.79 Å². The molecule has 1 aromatic heterocycles. The molecule has 0 unspecified atom stereocenters. The van der Waals surface area contributed by atoms with Crippen LogP contribution in [0.2, 0.25) is 0 Å². The molecule has 0 aliphatic heterocycles. The molecule has 3 nitrogen and oxygen atoms in total. The maximum absolute atomic E-state index is 12.1. The van der Waals surface area contributed by atoms with E-state index in [1.165, 1.54) is 0 Å². The Kier molecular flexibility index (Phi) is 4.58. The van der Waals surface area contributed by atoms with E-state index in [1.807, 2.05) is 43.4 Å². The Balaban J connectivity index is 1.94. The third-order valence-electron chi connectivity index (χ3n) is 2.89. The molecule has 0 atom stereocenters. The molecule has 1 heterocycles. The van der Waals surface area contributed by atoms with Crippen molar-refractivity contribution in [3.63, 3.8) is 0 Å². The summed E-state index contributed by atoms with van der Waals surface area (Å²) in [5.41, 5.74) is 2.08. The number of benzene rings is 1. The Morgan fingerprint density at radius 2 is 1.74 bits per heavy atom. The van der Waals surface area contributed by atoms with Crippen molar-refractivity contribution < 1.29 is 4.79 Å². The molecule has 0 fully saturated rings. The van der Waals surface area contributed by atoms with Crippen LogP contribution in [0.3, 0.4) is 0 Å². The molecule has 2 rings (SSSR count). The Bertz CT molecular complexity index is 540. The van der Waals surface area contributed by atoms with Gasteiger partial charge in [0.05, 0.1) is 6.42 Å². The van der Waals surface area contributed by atoms with Gasteiger partial charge in [0.25, 0.3) is 0 Å². The van der Waals surface area contributed by atoms with E-state index >= 15 is 0 Å². The van der Waals surface area contributed by atoms with E-state index in [0.29, 0.717) is 13.0 Å². The maximum Gasteiger partial charge on any atom is 0.227 e.